The number of nitrogens with zero attached hydrogens (tertiary/aromatic N) is 5. The summed E-state index contributed by atoms with van der Waals surface area (Å²) < 4.78 is 1.79. The van der Waals surface area contributed by atoms with Crippen molar-refractivity contribution in [3.05, 3.63) is 64.2 Å². The lowest BCUT2D eigenvalue weighted by atomic mass is 10.0. The first kappa shape index (κ1) is 20.3. The van der Waals surface area contributed by atoms with Crippen LogP contribution in [0.25, 0.3) is 5.69 Å². The summed E-state index contributed by atoms with van der Waals surface area (Å²) in [5, 5.41) is 8.79. The van der Waals surface area contributed by atoms with Gasteiger partial charge < -0.3 is 10.2 Å². The van der Waals surface area contributed by atoms with E-state index in [-0.39, 0.29) is 11.9 Å². The Kier molecular flexibility index (Phi) is 5.54. The van der Waals surface area contributed by atoms with Gasteiger partial charge in [-0.05, 0) is 49.9 Å². The fourth-order valence-electron chi connectivity index (χ4n) is 4.12. The normalized spacial score (nSPS) is 18.8. The SMILES string of the molecule is O=C(NC1CCCN(c2ncccn2)C1)c1cnn(-c2ccc(Cl)cc2Cl)c1C1CC1. The molecule has 1 unspecified atom stereocenters. The molecule has 1 saturated heterocycles. The molecule has 160 valence electrons. The highest BCUT2D eigenvalue weighted by Gasteiger charge is 2.34. The maximum Gasteiger partial charge on any atom is 0.255 e. The van der Waals surface area contributed by atoms with E-state index in [1.165, 1.54) is 0 Å². The Morgan fingerprint density at radius 1 is 1.13 bits per heavy atom. The fraction of sp³-hybridized carbons (Fsp3) is 0.364. The smallest absolute Gasteiger partial charge is 0.255 e. The molecule has 1 aliphatic heterocycles. The molecule has 7 nitrogen and oxygen atoms in total. The van der Waals surface area contributed by atoms with Crippen LogP contribution in [0.5, 0.6) is 0 Å². The Morgan fingerprint density at radius 3 is 2.68 bits per heavy atom. The molecule has 1 aromatic carbocycles. The summed E-state index contributed by atoms with van der Waals surface area (Å²) >= 11 is 12.5. The summed E-state index contributed by atoms with van der Waals surface area (Å²) in [4.78, 5) is 24.0. The van der Waals surface area contributed by atoms with E-state index in [0.29, 0.717) is 34.0 Å². The number of nitrogens with one attached hydrogen (secondary N) is 1. The van der Waals surface area contributed by atoms with E-state index < -0.39 is 0 Å². The zero-order valence-electron chi connectivity index (χ0n) is 16.8. The van der Waals surface area contributed by atoms with Crippen molar-refractivity contribution < 1.29 is 4.79 Å². The number of aromatic nitrogens is 4. The molecule has 0 radical (unpaired) electrons. The lowest BCUT2D eigenvalue weighted by molar-refractivity contribution is 0.0932. The van der Waals surface area contributed by atoms with Crippen molar-refractivity contribution in [1.82, 2.24) is 25.1 Å². The lowest BCUT2D eigenvalue weighted by Gasteiger charge is -2.33. The molecule has 2 fully saturated rings. The highest BCUT2D eigenvalue weighted by atomic mass is 35.5. The number of rotatable bonds is 5. The molecule has 1 atom stereocenters. The van der Waals surface area contributed by atoms with Gasteiger partial charge in [-0.3, -0.25) is 4.79 Å². The molecular weight excluding hydrogens is 435 g/mol. The topological polar surface area (TPSA) is 75.9 Å². The summed E-state index contributed by atoms with van der Waals surface area (Å²) in [5.41, 5.74) is 2.26. The molecule has 3 aromatic rings. The Morgan fingerprint density at radius 2 is 1.94 bits per heavy atom. The van der Waals surface area contributed by atoms with E-state index in [0.717, 1.165) is 43.6 Å². The third-order valence-corrected chi connectivity index (χ3v) is 6.28. The Labute approximate surface area is 190 Å². The molecule has 0 bridgehead atoms. The summed E-state index contributed by atoms with van der Waals surface area (Å²) in [7, 11) is 0. The molecule has 2 aromatic heterocycles. The van der Waals surface area contributed by atoms with Crippen LogP contribution < -0.4 is 10.2 Å². The van der Waals surface area contributed by atoms with E-state index in [2.05, 4.69) is 25.3 Å². The highest BCUT2D eigenvalue weighted by molar-refractivity contribution is 6.35. The van der Waals surface area contributed by atoms with Crippen molar-refractivity contribution in [3.63, 3.8) is 0 Å². The van der Waals surface area contributed by atoms with Gasteiger partial charge in [-0.15, -0.1) is 0 Å². The molecule has 1 saturated carbocycles. The van der Waals surface area contributed by atoms with Crippen LogP contribution in [0.15, 0.2) is 42.9 Å². The molecule has 1 amide bonds. The second kappa shape index (κ2) is 8.48. The van der Waals surface area contributed by atoms with Gasteiger partial charge >= 0.3 is 0 Å². The summed E-state index contributed by atoms with van der Waals surface area (Å²) in [6, 6.07) is 7.14. The summed E-state index contributed by atoms with van der Waals surface area (Å²) in [6.07, 6.45) is 9.10. The van der Waals surface area contributed by atoms with Crippen molar-refractivity contribution in [1.29, 1.82) is 0 Å². The van der Waals surface area contributed by atoms with E-state index in [4.69, 9.17) is 23.2 Å². The third-order valence-electron chi connectivity index (χ3n) is 5.74. The first-order valence-corrected chi connectivity index (χ1v) is 11.2. The van der Waals surface area contributed by atoms with Crippen molar-refractivity contribution in [2.24, 2.45) is 0 Å². The molecule has 1 aliphatic carbocycles. The average Bonchev–Trinajstić information content (AvgIpc) is 3.53. The van der Waals surface area contributed by atoms with Crippen LogP contribution >= 0.6 is 23.2 Å². The van der Waals surface area contributed by atoms with Crippen molar-refractivity contribution >= 4 is 35.1 Å². The van der Waals surface area contributed by atoms with Crippen LogP contribution in [0.4, 0.5) is 5.95 Å². The number of carbonyl (C=O) groups is 1. The first-order chi connectivity index (χ1) is 15.1. The van der Waals surface area contributed by atoms with Gasteiger partial charge in [0.25, 0.3) is 5.91 Å². The molecular formula is C22H22Cl2N6O. The molecule has 31 heavy (non-hydrogen) atoms. The van der Waals surface area contributed by atoms with E-state index in [1.54, 1.807) is 41.5 Å². The number of carbonyl (C=O) groups excluding carboxylic acids is 1. The third kappa shape index (κ3) is 4.25. The first-order valence-electron chi connectivity index (χ1n) is 10.5. The van der Waals surface area contributed by atoms with Gasteiger partial charge in [0.1, 0.15) is 0 Å². The number of halogens is 2. The molecule has 3 heterocycles. The predicted molar refractivity (Wildman–Crippen MR) is 120 cm³/mol. The minimum Gasteiger partial charge on any atom is -0.347 e. The van der Waals surface area contributed by atoms with Crippen LogP contribution in [0.1, 0.15) is 47.7 Å². The minimum absolute atomic E-state index is 0.0274. The van der Waals surface area contributed by atoms with Gasteiger partial charge in [0.2, 0.25) is 5.95 Å². The van der Waals surface area contributed by atoms with Crippen LogP contribution in [0.3, 0.4) is 0 Å². The molecule has 5 rings (SSSR count). The quantitative estimate of drug-likeness (QED) is 0.620. The van der Waals surface area contributed by atoms with Gasteiger partial charge in [-0.2, -0.15) is 5.10 Å². The zero-order valence-corrected chi connectivity index (χ0v) is 18.4. The number of benzene rings is 1. The van der Waals surface area contributed by atoms with E-state index in [9.17, 15) is 4.79 Å². The average molecular weight is 457 g/mol. The van der Waals surface area contributed by atoms with Gasteiger partial charge in [-0.25, -0.2) is 14.6 Å². The van der Waals surface area contributed by atoms with E-state index in [1.807, 2.05) is 6.07 Å². The maximum absolute atomic E-state index is 13.2. The van der Waals surface area contributed by atoms with Crippen molar-refractivity contribution in [2.75, 3.05) is 18.0 Å². The monoisotopic (exact) mass is 456 g/mol. The Hall–Kier alpha value is -2.64. The second-order valence-corrected chi connectivity index (χ2v) is 8.88. The fourth-order valence-corrected chi connectivity index (χ4v) is 4.61. The van der Waals surface area contributed by atoms with Crippen LogP contribution in [-0.2, 0) is 0 Å². The Bertz CT molecular complexity index is 1100. The summed E-state index contributed by atoms with van der Waals surface area (Å²) in [5.74, 6) is 0.917. The van der Waals surface area contributed by atoms with Crippen molar-refractivity contribution in [2.45, 2.75) is 37.6 Å². The van der Waals surface area contributed by atoms with E-state index >= 15 is 0 Å². The van der Waals surface area contributed by atoms with Crippen molar-refractivity contribution in [3.8, 4) is 5.69 Å². The van der Waals surface area contributed by atoms with Gasteiger partial charge in [0.15, 0.2) is 0 Å². The molecule has 9 heteroatoms. The van der Waals surface area contributed by atoms with Crippen LogP contribution in [0, 0.1) is 0 Å². The maximum atomic E-state index is 13.2. The molecule has 1 N–H and O–H groups in total. The molecule has 0 spiro atoms. The zero-order chi connectivity index (χ0) is 21.4. The summed E-state index contributed by atoms with van der Waals surface area (Å²) in [6.45, 7) is 1.57. The Balaban J connectivity index is 1.37. The van der Waals surface area contributed by atoms with Gasteiger partial charge in [0.05, 0.1) is 28.2 Å². The predicted octanol–water partition coefficient (Wildman–Crippen LogP) is 4.25. The standard InChI is InChI=1S/C22H22Cl2N6O/c23-15-6-7-19(18(24)11-15)30-20(14-4-5-14)17(12-27-30)21(31)28-16-3-1-10-29(13-16)22-25-8-2-9-26-22/h2,6-9,11-12,14,16H,1,3-5,10,13H2,(H,28,31). The number of amides is 1. The van der Waals surface area contributed by atoms with Crippen LogP contribution in [0.2, 0.25) is 10.0 Å². The van der Waals surface area contributed by atoms with Gasteiger partial charge in [0, 0.05) is 42.5 Å². The minimum atomic E-state index is -0.0981. The highest BCUT2D eigenvalue weighted by Crippen LogP contribution is 2.43. The second-order valence-electron chi connectivity index (χ2n) is 8.03. The lowest BCUT2D eigenvalue weighted by Crippen LogP contribution is -2.48. The van der Waals surface area contributed by atoms with Crippen LogP contribution in [-0.4, -0.2) is 44.8 Å². The number of hydrogen-bond donors (Lipinski definition) is 1. The molecule has 2 aliphatic rings. The number of hydrogen-bond acceptors (Lipinski definition) is 5. The van der Waals surface area contributed by atoms with Gasteiger partial charge in [-0.1, -0.05) is 23.2 Å². The number of piperidine rings is 1. The largest absolute Gasteiger partial charge is 0.347 e. The number of anilines is 1.